The first-order valence-corrected chi connectivity index (χ1v) is 8.83. The summed E-state index contributed by atoms with van der Waals surface area (Å²) in [5, 5.41) is 2.71. The largest absolute Gasteiger partial charge is 0.329 e. The number of halogens is 1. The van der Waals surface area contributed by atoms with Crippen molar-refractivity contribution in [1.29, 1.82) is 0 Å². The van der Waals surface area contributed by atoms with Crippen molar-refractivity contribution in [3.8, 4) is 0 Å². The van der Waals surface area contributed by atoms with Gasteiger partial charge in [-0.05, 0) is 43.4 Å². The summed E-state index contributed by atoms with van der Waals surface area (Å²) in [5.74, 6) is -1.41. The van der Waals surface area contributed by atoms with Crippen molar-refractivity contribution in [2.75, 3.05) is 16.8 Å². The van der Waals surface area contributed by atoms with Gasteiger partial charge in [0.05, 0.1) is 11.6 Å². The number of amides is 2. The minimum absolute atomic E-state index is 0.0492. The summed E-state index contributed by atoms with van der Waals surface area (Å²) < 4.78 is 13.6. The van der Waals surface area contributed by atoms with E-state index in [1.54, 1.807) is 17.0 Å². The first-order chi connectivity index (χ1) is 12.9. The number of para-hydroxylation sites is 1. The Hall–Kier alpha value is -3.00. The predicted octanol–water partition coefficient (Wildman–Crippen LogP) is 2.50. The van der Waals surface area contributed by atoms with Crippen LogP contribution >= 0.6 is 12.2 Å². The molecule has 0 unspecified atom stereocenters. The second-order valence-electron chi connectivity index (χ2n) is 6.29. The highest BCUT2D eigenvalue weighted by atomic mass is 32.1. The fourth-order valence-electron chi connectivity index (χ4n) is 2.79. The minimum Gasteiger partial charge on any atom is -0.329 e. The number of hydrogen-bond donors (Lipinski definition) is 3. The van der Waals surface area contributed by atoms with E-state index < -0.39 is 11.7 Å². The molecule has 1 fully saturated rings. The summed E-state index contributed by atoms with van der Waals surface area (Å²) >= 11 is 5.04. The number of carbonyl (C=O) groups is 2. The molecule has 1 aliphatic rings. The maximum absolute atomic E-state index is 13.6. The number of nitrogens with one attached hydrogen (secondary N) is 3. The third-order valence-electron chi connectivity index (χ3n) is 4.26. The van der Waals surface area contributed by atoms with Gasteiger partial charge < -0.3 is 10.2 Å². The summed E-state index contributed by atoms with van der Waals surface area (Å²) in [6, 6.07) is 13.6. The number of aryl methyl sites for hydroxylation is 1. The number of carbonyl (C=O) groups excluding carboxylic acids is 2. The molecular weight excluding hydrogens is 367 g/mol. The second-order valence-corrected chi connectivity index (χ2v) is 6.70. The Morgan fingerprint density at radius 1 is 1.15 bits per heavy atom. The molecule has 2 amide bonds. The molecule has 2 aromatic carbocycles. The zero-order chi connectivity index (χ0) is 19.4. The van der Waals surface area contributed by atoms with Crippen LogP contribution in [0.25, 0.3) is 0 Å². The lowest BCUT2D eigenvalue weighted by Crippen LogP contribution is -2.46. The van der Waals surface area contributed by atoms with Gasteiger partial charge in [-0.2, -0.15) is 0 Å². The van der Waals surface area contributed by atoms with E-state index in [0.29, 0.717) is 6.54 Å². The Labute approximate surface area is 161 Å². The van der Waals surface area contributed by atoms with Crippen molar-refractivity contribution >= 4 is 40.5 Å². The molecule has 1 aliphatic heterocycles. The van der Waals surface area contributed by atoms with Crippen LogP contribution < -0.4 is 21.1 Å². The van der Waals surface area contributed by atoms with Crippen molar-refractivity contribution in [3.05, 3.63) is 59.9 Å². The fourth-order valence-corrected chi connectivity index (χ4v) is 2.96. The van der Waals surface area contributed by atoms with Gasteiger partial charge >= 0.3 is 0 Å². The molecule has 0 radical (unpaired) electrons. The molecule has 0 spiro atoms. The molecule has 1 heterocycles. The van der Waals surface area contributed by atoms with E-state index in [1.165, 1.54) is 12.1 Å². The van der Waals surface area contributed by atoms with E-state index in [-0.39, 0.29) is 29.0 Å². The zero-order valence-corrected chi connectivity index (χ0v) is 15.5. The number of hydrazine groups is 1. The SMILES string of the molecule is Cc1ccc(N2C[C@@H](C(=O)NNC(=S)Nc3ccccc3F)CC2=O)cc1. The van der Waals surface area contributed by atoms with Gasteiger partial charge in [-0.25, -0.2) is 4.39 Å². The first-order valence-electron chi connectivity index (χ1n) is 8.42. The Balaban J connectivity index is 1.53. The van der Waals surface area contributed by atoms with Gasteiger partial charge in [-0.1, -0.05) is 29.8 Å². The standard InChI is InChI=1S/C19H19FN4O2S/c1-12-6-8-14(9-7-12)24-11-13(10-17(24)25)18(26)22-23-19(27)21-16-5-3-2-4-15(16)20/h2-9,13H,10-11H2,1H3,(H,22,26)(H2,21,23,27)/t13-/m0/s1. The van der Waals surface area contributed by atoms with E-state index in [0.717, 1.165) is 11.3 Å². The van der Waals surface area contributed by atoms with E-state index in [9.17, 15) is 14.0 Å². The van der Waals surface area contributed by atoms with Crippen LogP contribution in [0, 0.1) is 18.7 Å². The van der Waals surface area contributed by atoms with Gasteiger partial charge in [0.15, 0.2) is 5.11 Å². The molecule has 0 aliphatic carbocycles. The predicted molar refractivity (Wildman–Crippen MR) is 106 cm³/mol. The van der Waals surface area contributed by atoms with Crippen molar-refractivity contribution in [1.82, 2.24) is 10.9 Å². The molecule has 8 heteroatoms. The Kier molecular flexibility index (Phi) is 5.66. The molecule has 1 saturated heterocycles. The van der Waals surface area contributed by atoms with Crippen LogP contribution in [0.15, 0.2) is 48.5 Å². The maximum Gasteiger partial charge on any atom is 0.243 e. The third-order valence-corrected chi connectivity index (χ3v) is 4.47. The molecule has 27 heavy (non-hydrogen) atoms. The summed E-state index contributed by atoms with van der Waals surface area (Å²) in [6.45, 7) is 2.26. The van der Waals surface area contributed by atoms with Crippen LogP contribution in [0.3, 0.4) is 0 Å². The lowest BCUT2D eigenvalue weighted by Gasteiger charge is -2.17. The quantitative estimate of drug-likeness (QED) is 0.558. The van der Waals surface area contributed by atoms with Gasteiger partial charge in [0.25, 0.3) is 0 Å². The normalized spacial score (nSPS) is 16.1. The molecule has 0 saturated carbocycles. The van der Waals surface area contributed by atoms with Crippen molar-refractivity contribution in [3.63, 3.8) is 0 Å². The lowest BCUT2D eigenvalue weighted by molar-refractivity contribution is -0.126. The highest BCUT2D eigenvalue weighted by molar-refractivity contribution is 7.80. The van der Waals surface area contributed by atoms with Crippen LogP contribution in [0.4, 0.5) is 15.8 Å². The second kappa shape index (κ2) is 8.13. The minimum atomic E-state index is -0.498. The van der Waals surface area contributed by atoms with E-state index in [1.807, 2.05) is 31.2 Å². The van der Waals surface area contributed by atoms with E-state index in [4.69, 9.17) is 12.2 Å². The van der Waals surface area contributed by atoms with Gasteiger partial charge in [0.2, 0.25) is 11.8 Å². The zero-order valence-electron chi connectivity index (χ0n) is 14.7. The molecule has 3 N–H and O–H groups in total. The van der Waals surface area contributed by atoms with Crippen molar-refractivity contribution in [2.24, 2.45) is 5.92 Å². The van der Waals surface area contributed by atoms with Crippen LogP contribution in [0.2, 0.25) is 0 Å². The van der Waals surface area contributed by atoms with Crippen LogP contribution in [-0.4, -0.2) is 23.5 Å². The van der Waals surface area contributed by atoms with Crippen LogP contribution in [0.5, 0.6) is 0 Å². The number of hydrogen-bond acceptors (Lipinski definition) is 3. The van der Waals surface area contributed by atoms with Gasteiger partial charge in [0, 0.05) is 18.7 Å². The molecule has 3 rings (SSSR count). The van der Waals surface area contributed by atoms with Gasteiger partial charge in [-0.15, -0.1) is 0 Å². The summed E-state index contributed by atoms with van der Waals surface area (Å²) in [4.78, 5) is 26.2. The third kappa shape index (κ3) is 4.59. The molecular formula is C19H19FN4O2S. The van der Waals surface area contributed by atoms with Gasteiger partial charge in [-0.3, -0.25) is 20.4 Å². The maximum atomic E-state index is 13.6. The lowest BCUT2D eigenvalue weighted by atomic mass is 10.1. The average Bonchev–Trinajstić information content (AvgIpc) is 3.04. The monoisotopic (exact) mass is 386 g/mol. The average molecular weight is 386 g/mol. The van der Waals surface area contributed by atoms with Gasteiger partial charge in [0.1, 0.15) is 5.82 Å². The number of anilines is 2. The highest BCUT2D eigenvalue weighted by Gasteiger charge is 2.35. The topological polar surface area (TPSA) is 73.5 Å². The molecule has 0 bridgehead atoms. The summed E-state index contributed by atoms with van der Waals surface area (Å²) in [5.41, 5.74) is 7.07. The summed E-state index contributed by atoms with van der Waals surface area (Å²) in [6.07, 6.45) is 0.120. The Morgan fingerprint density at radius 2 is 1.85 bits per heavy atom. The molecule has 2 aromatic rings. The van der Waals surface area contributed by atoms with E-state index >= 15 is 0 Å². The number of benzene rings is 2. The van der Waals surface area contributed by atoms with Crippen molar-refractivity contribution < 1.29 is 14.0 Å². The highest BCUT2D eigenvalue weighted by Crippen LogP contribution is 2.25. The number of rotatable bonds is 3. The molecule has 1 atom stereocenters. The molecule has 140 valence electrons. The Bertz CT molecular complexity index is 872. The van der Waals surface area contributed by atoms with Crippen LogP contribution in [0.1, 0.15) is 12.0 Å². The van der Waals surface area contributed by atoms with Crippen LogP contribution in [-0.2, 0) is 9.59 Å². The first kappa shape index (κ1) is 18.8. The number of nitrogens with zero attached hydrogens (tertiary/aromatic N) is 1. The molecule has 6 nitrogen and oxygen atoms in total. The Morgan fingerprint density at radius 3 is 2.56 bits per heavy atom. The summed E-state index contributed by atoms with van der Waals surface area (Å²) in [7, 11) is 0. The van der Waals surface area contributed by atoms with Crippen molar-refractivity contribution in [2.45, 2.75) is 13.3 Å². The molecule has 0 aromatic heterocycles. The fraction of sp³-hybridized carbons (Fsp3) is 0.211. The van der Waals surface area contributed by atoms with E-state index in [2.05, 4.69) is 16.2 Å². The smallest absolute Gasteiger partial charge is 0.243 e. The number of thiocarbonyl (C=S) groups is 1.